The molecule has 2 aliphatic rings. The third kappa shape index (κ3) is 2.87. The first-order valence-electron chi connectivity index (χ1n) is 9.51. The van der Waals surface area contributed by atoms with Gasteiger partial charge in [0.05, 0.1) is 15.9 Å². The van der Waals surface area contributed by atoms with Gasteiger partial charge in [0.15, 0.2) is 0 Å². The highest BCUT2D eigenvalue weighted by molar-refractivity contribution is 7.89. The van der Waals surface area contributed by atoms with Crippen molar-refractivity contribution in [3.05, 3.63) is 46.5 Å². The molecule has 1 heterocycles. The summed E-state index contributed by atoms with van der Waals surface area (Å²) in [5.74, 6) is 1.87. The summed E-state index contributed by atoms with van der Waals surface area (Å²) >= 11 is 0. The van der Waals surface area contributed by atoms with Crippen LogP contribution in [-0.2, 0) is 10.0 Å². The average molecular weight is 400 g/mol. The number of hydrogen-bond acceptors (Lipinski definition) is 5. The maximum absolute atomic E-state index is 12.8. The Morgan fingerprint density at radius 2 is 1.93 bits per heavy atom. The van der Waals surface area contributed by atoms with E-state index in [1.807, 2.05) is 0 Å². The van der Waals surface area contributed by atoms with Gasteiger partial charge in [-0.05, 0) is 61.3 Å². The van der Waals surface area contributed by atoms with Crippen LogP contribution >= 0.6 is 0 Å². The van der Waals surface area contributed by atoms with Gasteiger partial charge < -0.3 is 4.42 Å². The number of furan rings is 1. The Morgan fingerprint density at radius 3 is 2.64 bits per heavy atom. The maximum Gasteiger partial charge on any atom is 0.273 e. The van der Waals surface area contributed by atoms with Crippen molar-refractivity contribution >= 4 is 37.6 Å². The fourth-order valence-corrected chi connectivity index (χ4v) is 6.07. The summed E-state index contributed by atoms with van der Waals surface area (Å²) in [7, 11) is -3.62. The minimum Gasteiger partial charge on any atom is -0.456 e. The second-order valence-corrected chi connectivity index (χ2v) is 9.75. The number of nitrogens with one attached hydrogen (secondary N) is 1. The lowest BCUT2D eigenvalue weighted by Gasteiger charge is -2.21. The Labute approximate surface area is 161 Å². The van der Waals surface area contributed by atoms with Gasteiger partial charge in [-0.3, -0.25) is 10.1 Å². The molecule has 2 bridgehead atoms. The molecule has 7 nitrogen and oxygen atoms in total. The monoisotopic (exact) mass is 400 g/mol. The summed E-state index contributed by atoms with van der Waals surface area (Å²) < 4.78 is 34.1. The second-order valence-electron chi connectivity index (χ2n) is 7.98. The standard InChI is InChI=1S/C20H20N2O5S/c23-22(24)15-3-5-17-18-10-16(4-6-19(18)27-20(17)9-15)28(25,26)21-11-14-8-12-1-2-13(14)7-12/h3-6,9-10,12-14,21H,1-2,7-8,11H2/t12-,13+,14-/m0/s1. The highest BCUT2D eigenvalue weighted by Gasteiger charge is 2.39. The molecule has 28 heavy (non-hydrogen) atoms. The molecule has 0 unspecified atom stereocenters. The Morgan fingerprint density at radius 1 is 1.07 bits per heavy atom. The van der Waals surface area contributed by atoms with Crippen LogP contribution in [0.5, 0.6) is 0 Å². The predicted molar refractivity (Wildman–Crippen MR) is 105 cm³/mol. The number of fused-ring (bicyclic) bond motifs is 5. The molecule has 5 rings (SSSR count). The van der Waals surface area contributed by atoms with Crippen LogP contribution in [0.2, 0.25) is 0 Å². The molecule has 0 radical (unpaired) electrons. The number of nitrogens with zero attached hydrogens (tertiary/aromatic N) is 1. The molecule has 1 N–H and O–H groups in total. The summed E-state index contributed by atoms with van der Waals surface area (Å²) in [4.78, 5) is 10.7. The summed E-state index contributed by atoms with van der Waals surface area (Å²) in [5.41, 5.74) is 0.808. The molecular formula is C20H20N2O5S. The van der Waals surface area contributed by atoms with Crippen LogP contribution in [0.3, 0.4) is 0 Å². The van der Waals surface area contributed by atoms with Crippen LogP contribution in [0, 0.1) is 27.9 Å². The molecule has 0 amide bonds. The first-order valence-corrected chi connectivity index (χ1v) is 11.0. The van der Waals surface area contributed by atoms with E-state index in [-0.39, 0.29) is 10.6 Å². The summed E-state index contributed by atoms with van der Waals surface area (Å²) in [5, 5.41) is 12.2. The number of benzene rings is 2. The Kier molecular flexibility index (Phi) is 3.96. The van der Waals surface area contributed by atoms with E-state index >= 15 is 0 Å². The minimum absolute atomic E-state index is 0.0630. The van der Waals surface area contributed by atoms with Crippen molar-refractivity contribution in [3.8, 4) is 0 Å². The van der Waals surface area contributed by atoms with Crippen molar-refractivity contribution in [2.24, 2.45) is 17.8 Å². The zero-order chi connectivity index (χ0) is 19.5. The topological polar surface area (TPSA) is 102 Å². The largest absolute Gasteiger partial charge is 0.456 e. The van der Waals surface area contributed by atoms with Crippen molar-refractivity contribution in [1.82, 2.24) is 4.72 Å². The lowest BCUT2D eigenvalue weighted by molar-refractivity contribution is -0.384. The molecule has 3 aromatic rings. The Hall–Kier alpha value is -2.45. The number of rotatable bonds is 5. The molecule has 1 aromatic heterocycles. The van der Waals surface area contributed by atoms with Crippen molar-refractivity contribution in [1.29, 1.82) is 0 Å². The molecular weight excluding hydrogens is 380 g/mol. The van der Waals surface area contributed by atoms with E-state index < -0.39 is 14.9 Å². The molecule has 146 valence electrons. The zero-order valence-electron chi connectivity index (χ0n) is 15.1. The number of sulfonamides is 1. The van der Waals surface area contributed by atoms with Gasteiger partial charge in [0.1, 0.15) is 11.2 Å². The van der Waals surface area contributed by atoms with E-state index in [1.54, 1.807) is 18.2 Å². The van der Waals surface area contributed by atoms with Crippen LogP contribution in [-0.4, -0.2) is 19.9 Å². The van der Waals surface area contributed by atoms with Gasteiger partial charge in [0.2, 0.25) is 10.0 Å². The molecule has 2 aromatic carbocycles. The molecule has 0 spiro atoms. The third-order valence-electron chi connectivity index (χ3n) is 6.37. The zero-order valence-corrected chi connectivity index (χ0v) is 15.9. The van der Waals surface area contributed by atoms with E-state index in [0.717, 1.165) is 12.3 Å². The first kappa shape index (κ1) is 17.6. The second kappa shape index (κ2) is 6.28. The molecule has 8 heteroatoms. The summed E-state index contributed by atoms with van der Waals surface area (Å²) in [6, 6.07) is 9.05. The first-order chi connectivity index (χ1) is 13.4. The average Bonchev–Trinajstić information content (AvgIpc) is 3.38. The van der Waals surface area contributed by atoms with E-state index in [4.69, 9.17) is 4.42 Å². The fourth-order valence-electron chi connectivity index (χ4n) is 4.95. The third-order valence-corrected chi connectivity index (χ3v) is 7.79. The molecule has 3 atom stereocenters. The molecule has 0 saturated heterocycles. The van der Waals surface area contributed by atoms with Crippen LogP contribution in [0.25, 0.3) is 21.9 Å². The predicted octanol–water partition coefficient (Wildman–Crippen LogP) is 4.21. The molecule has 2 aliphatic carbocycles. The maximum atomic E-state index is 12.8. The van der Waals surface area contributed by atoms with Crippen LogP contribution in [0.1, 0.15) is 25.7 Å². The smallest absolute Gasteiger partial charge is 0.273 e. The summed E-state index contributed by atoms with van der Waals surface area (Å²) in [6.45, 7) is 0.486. The Balaban J connectivity index is 1.44. The lowest BCUT2D eigenvalue weighted by atomic mass is 9.89. The SMILES string of the molecule is O=[N+]([O-])c1ccc2c(c1)oc1ccc(S(=O)(=O)NC[C@@H]3C[C@H]4CC[C@@H]3C4)cc12. The molecule has 2 fully saturated rings. The van der Waals surface area contributed by atoms with E-state index in [0.29, 0.717) is 40.3 Å². The number of nitro benzene ring substituents is 1. The van der Waals surface area contributed by atoms with Crippen LogP contribution in [0.15, 0.2) is 45.7 Å². The van der Waals surface area contributed by atoms with Gasteiger partial charge in [-0.2, -0.15) is 0 Å². The van der Waals surface area contributed by atoms with E-state index in [9.17, 15) is 18.5 Å². The quantitative estimate of drug-likeness (QED) is 0.510. The van der Waals surface area contributed by atoms with E-state index in [2.05, 4.69) is 4.72 Å². The van der Waals surface area contributed by atoms with Gasteiger partial charge in [0, 0.05) is 23.4 Å². The van der Waals surface area contributed by atoms with Gasteiger partial charge in [-0.15, -0.1) is 0 Å². The highest BCUT2D eigenvalue weighted by atomic mass is 32.2. The van der Waals surface area contributed by atoms with Crippen molar-refractivity contribution < 1.29 is 17.8 Å². The summed E-state index contributed by atoms with van der Waals surface area (Å²) in [6.07, 6.45) is 4.87. The number of nitro groups is 1. The molecule has 0 aliphatic heterocycles. The normalized spacial score (nSPS) is 24.4. The highest BCUT2D eigenvalue weighted by Crippen LogP contribution is 2.48. The number of non-ortho nitro benzene ring substituents is 1. The number of hydrogen-bond donors (Lipinski definition) is 1. The van der Waals surface area contributed by atoms with Crippen molar-refractivity contribution in [3.63, 3.8) is 0 Å². The van der Waals surface area contributed by atoms with Gasteiger partial charge in [-0.1, -0.05) is 6.42 Å². The van der Waals surface area contributed by atoms with Crippen LogP contribution < -0.4 is 4.72 Å². The van der Waals surface area contributed by atoms with Crippen LogP contribution in [0.4, 0.5) is 5.69 Å². The van der Waals surface area contributed by atoms with Crippen molar-refractivity contribution in [2.45, 2.75) is 30.6 Å². The van der Waals surface area contributed by atoms with Gasteiger partial charge in [-0.25, -0.2) is 13.1 Å². The molecule has 2 saturated carbocycles. The fraction of sp³-hybridized carbons (Fsp3) is 0.400. The lowest BCUT2D eigenvalue weighted by Crippen LogP contribution is -2.31. The van der Waals surface area contributed by atoms with Gasteiger partial charge >= 0.3 is 0 Å². The Bertz CT molecular complexity index is 1200. The van der Waals surface area contributed by atoms with Gasteiger partial charge in [0.25, 0.3) is 5.69 Å². The van der Waals surface area contributed by atoms with Crippen molar-refractivity contribution in [2.75, 3.05) is 6.54 Å². The minimum atomic E-state index is -3.62. The van der Waals surface area contributed by atoms with E-state index in [1.165, 1.54) is 37.5 Å².